The van der Waals surface area contributed by atoms with Crippen LogP contribution in [0.25, 0.3) is 0 Å². The Morgan fingerprint density at radius 3 is 2.89 bits per heavy atom. The average Bonchev–Trinajstić information content (AvgIpc) is 3.10. The number of aromatic nitrogens is 2. The number of carbonyl (C=O) groups is 1. The molecule has 1 aromatic carbocycles. The van der Waals surface area contributed by atoms with Gasteiger partial charge in [-0.1, -0.05) is 29.8 Å². The fourth-order valence-corrected chi connectivity index (χ4v) is 3.31. The Bertz CT molecular complexity index is 899. The zero-order chi connectivity index (χ0) is 19.1. The van der Waals surface area contributed by atoms with E-state index in [9.17, 15) is 4.79 Å². The molecular weight excluding hydrogens is 384 g/mol. The minimum Gasteiger partial charge on any atom is -0.496 e. The predicted octanol–water partition coefficient (Wildman–Crippen LogP) is 3.85. The minimum atomic E-state index is -0.0636. The van der Waals surface area contributed by atoms with E-state index < -0.39 is 0 Å². The SMILES string of the molecule is COc1ccccc1CCNC(=O)Cc1csc(Nc2ccc(Cl)cn2)n1. The van der Waals surface area contributed by atoms with Gasteiger partial charge in [-0.25, -0.2) is 9.97 Å². The quantitative estimate of drug-likeness (QED) is 0.598. The van der Waals surface area contributed by atoms with Crippen LogP contribution in [0.2, 0.25) is 5.02 Å². The third kappa shape index (κ3) is 5.67. The van der Waals surface area contributed by atoms with Crippen molar-refractivity contribution >= 4 is 39.8 Å². The van der Waals surface area contributed by atoms with Crippen molar-refractivity contribution in [3.8, 4) is 5.75 Å². The summed E-state index contributed by atoms with van der Waals surface area (Å²) in [5.41, 5.74) is 1.78. The molecule has 0 radical (unpaired) electrons. The van der Waals surface area contributed by atoms with Gasteiger partial charge in [-0.05, 0) is 30.2 Å². The summed E-state index contributed by atoms with van der Waals surface area (Å²) in [5, 5.41) is 9.13. The maximum atomic E-state index is 12.1. The standard InChI is InChI=1S/C19H19ClN4O2S/c1-26-16-5-3-2-4-13(16)8-9-21-18(25)10-15-12-27-19(23-15)24-17-7-6-14(20)11-22-17/h2-7,11-12H,8-10H2,1H3,(H,21,25)(H,22,23,24). The number of hydrogen-bond acceptors (Lipinski definition) is 6. The van der Waals surface area contributed by atoms with Gasteiger partial charge in [0.2, 0.25) is 5.91 Å². The lowest BCUT2D eigenvalue weighted by Gasteiger charge is -2.08. The number of nitrogens with zero attached hydrogens (tertiary/aromatic N) is 2. The van der Waals surface area contributed by atoms with Gasteiger partial charge in [0.15, 0.2) is 5.13 Å². The van der Waals surface area contributed by atoms with E-state index >= 15 is 0 Å². The molecule has 0 aliphatic heterocycles. The summed E-state index contributed by atoms with van der Waals surface area (Å²) in [5.74, 6) is 1.42. The summed E-state index contributed by atoms with van der Waals surface area (Å²) in [6.45, 7) is 0.545. The van der Waals surface area contributed by atoms with E-state index in [1.54, 1.807) is 25.4 Å². The van der Waals surface area contributed by atoms with Gasteiger partial charge >= 0.3 is 0 Å². The Balaban J connectivity index is 1.47. The van der Waals surface area contributed by atoms with Crippen LogP contribution in [0.5, 0.6) is 5.75 Å². The largest absolute Gasteiger partial charge is 0.496 e. The highest BCUT2D eigenvalue weighted by molar-refractivity contribution is 7.13. The van der Waals surface area contributed by atoms with Crippen molar-refractivity contribution in [2.75, 3.05) is 19.0 Å². The minimum absolute atomic E-state index is 0.0636. The van der Waals surface area contributed by atoms with Crippen molar-refractivity contribution in [3.05, 3.63) is 64.3 Å². The number of methoxy groups -OCH3 is 1. The number of thiazole rings is 1. The second kappa shape index (κ2) is 9.34. The van der Waals surface area contributed by atoms with Crippen LogP contribution < -0.4 is 15.4 Å². The molecule has 0 fully saturated rings. The Morgan fingerprint density at radius 1 is 1.26 bits per heavy atom. The van der Waals surface area contributed by atoms with E-state index in [1.807, 2.05) is 29.6 Å². The number of ether oxygens (including phenoxy) is 1. The van der Waals surface area contributed by atoms with Gasteiger partial charge in [-0.3, -0.25) is 4.79 Å². The molecule has 0 bridgehead atoms. The smallest absolute Gasteiger partial charge is 0.226 e. The highest BCUT2D eigenvalue weighted by Gasteiger charge is 2.09. The Morgan fingerprint density at radius 2 is 2.11 bits per heavy atom. The van der Waals surface area contributed by atoms with E-state index in [2.05, 4.69) is 20.6 Å². The van der Waals surface area contributed by atoms with Gasteiger partial charge in [0.05, 0.1) is 24.2 Å². The molecule has 6 nitrogen and oxygen atoms in total. The number of halogens is 1. The molecule has 3 rings (SSSR count). The van der Waals surface area contributed by atoms with E-state index in [1.165, 1.54) is 11.3 Å². The molecule has 0 atom stereocenters. The lowest BCUT2D eigenvalue weighted by Crippen LogP contribution is -2.27. The van der Waals surface area contributed by atoms with Crippen LogP contribution in [-0.2, 0) is 17.6 Å². The molecule has 0 aliphatic carbocycles. The van der Waals surface area contributed by atoms with E-state index in [-0.39, 0.29) is 12.3 Å². The monoisotopic (exact) mass is 402 g/mol. The molecule has 8 heteroatoms. The molecule has 0 saturated heterocycles. The normalized spacial score (nSPS) is 10.4. The molecule has 0 saturated carbocycles. The molecule has 2 heterocycles. The predicted molar refractivity (Wildman–Crippen MR) is 108 cm³/mol. The fraction of sp³-hybridized carbons (Fsp3) is 0.211. The molecule has 2 N–H and O–H groups in total. The summed E-state index contributed by atoms with van der Waals surface area (Å²) in [6, 6.07) is 11.3. The highest BCUT2D eigenvalue weighted by atomic mass is 35.5. The van der Waals surface area contributed by atoms with Crippen LogP contribution in [0, 0.1) is 0 Å². The van der Waals surface area contributed by atoms with Crippen LogP contribution in [0.15, 0.2) is 48.0 Å². The first-order valence-electron chi connectivity index (χ1n) is 8.35. The second-order valence-corrected chi connectivity index (χ2v) is 7.01. The van der Waals surface area contributed by atoms with Crippen LogP contribution in [-0.4, -0.2) is 29.5 Å². The van der Waals surface area contributed by atoms with Gasteiger partial charge in [-0.2, -0.15) is 0 Å². The van der Waals surface area contributed by atoms with Gasteiger partial charge in [0.25, 0.3) is 0 Å². The number of benzene rings is 1. The van der Waals surface area contributed by atoms with Crippen molar-refractivity contribution in [1.82, 2.24) is 15.3 Å². The summed E-state index contributed by atoms with van der Waals surface area (Å²) < 4.78 is 5.32. The molecule has 1 amide bonds. The van der Waals surface area contributed by atoms with Gasteiger partial charge in [0.1, 0.15) is 11.6 Å². The summed E-state index contributed by atoms with van der Waals surface area (Å²) in [6.07, 6.45) is 2.51. The molecule has 0 spiro atoms. The van der Waals surface area contributed by atoms with Crippen molar-refractivity contribution in [3.63, 3.8) is 0 Å². The zero-order valence-electron chi connectivity index (χ0n) is 14.7. The van der Waals surface area contributed by atoms with E-state index in [4.69, 9.17) is 16.3 Å². The molecule has 3 aromatic rings. The van der Waals surface area contributed by atoms with E-state index in [0.717, 1.165) is 11.3 Å². The Kier molecular flexibility index (Phi) is 6.62. The summed E-state index contributed by atoms with van der Waals surface area (Å²) in [4.78, 5) is 20.7. The van der Waals surface area contributed by atoms with Crippen molar-refractivity contribution in [1.29, 1.82) is 0 Å². The molecule has 27 heavy (non-hydrogen) atoms. The number of carbonyl (C=O) groups excluding carboxylic acids is 1. The first-order valence-corrected chi connectivity index (χ1v) is 9.61. The van der Waals surface area contributed by atoms with E-state index in [0.29, 0.717) is 34.6 Å². The van der Waals surface area contributed by atoms with Crippen LogP contribution in [0.3, 0.4) is 0 Å². The van der Waals surface area contributed by atoms with Crippen LogP contribution in [0.1, 0.15) is 11.3 Å². The second-order valence-electron chi connectivity index (χ2n) is 5.72. The molecular formula is C19H19ClN4O2S. The Labute approximate surface area is 166 Å². The maximum Gasteiger partial charge on any atom is 0.226 e. The average molecular weight is 403 g/mol. The fourth-order valence-electron chi connectivity index (χ4n) is 2.48. The third-order valence-corrected chi connectivity index (χ3v) is 4.79. The summed E-state index contributed by atoms with van der Waals surface area (Å²) in [7, 11) is 1.64. The number of hydrogen-bond donors (Lipinski definition) is 2. The Hall–Kier alpha value is -2.64. The summed E-state index contributed by atoms with van der Waals surface area (Å²) >= 11 is 7.24. The first-order chi connectivity index (χ1) is 13.1. The zero-order valence-corrected chi connectivity index (χ0v) is 16.3. The van der Waals surface area contributed by atoms with Crippen molar-refractivity contribution in [2.24, 2.45) is 0 Å². The number of anilines is 2. The molecule has 2 aromatic heterocycles. The lowest BCUT2D eigenvalue weighted by molar-refractivity contribution is -0.120. The van der Waals surface area contributed by atoms with Crippen LogP contribution >= 0.6 is 22.9 Å². The van der Waals surface area contributed by atoms with Gasteiger partial charge in [-0.15, -0.1) is 11.3 Å². The maximum absolute atomic E-state index is 12.1. The highest BCUT2D eigenvalue weighted by Crippen LogP contribution is 2.21. The van der Waals surface area contributed by atoms with Crippen molar-refractivity contribution in [2.45, 2.75) is 12.8 Å². The third-order valence-electron chi connectivity index (χ3n) is 3.76. The van der Waals surface area contributed by atoms with Gasteiger partial charge in [0, 0.05) is 18.1 Å². The van der Waals surface area contributed by atoms with Gasteiger partial charge < -0.3 is 15.4 Å². The number of pyridine rings is 1. The van der Waals surface area contributed by atoms with Crippen LogP contribution in [0.4, 0.5) is 10.9 Å². The number of nitrogens with one attached hydrogen (secondary N) is 2. The number of rotatable bonds is 8. The lowest BCUT2D eigenvalue weighted by atomic mass is 10.1. The molecule has 0 aliphatic rings. The topological polar surface area (TPSA) is 76.1 Å². The number of amides is 1. The number of para-hydroxylation sites is 1. The van der Waals surface area contributed by atoms with Crippen molar-refractivity contribution < 1.29 is 9.53 Å². The first kappa shape index (κ1) is 19.1. The molecule has 0 unspecified atom stereocenters. The molecule has 140 valence electrons.